The summed E-state index contributed by atoms with van der Waals surface area (Å²) in [6.07, 6.45) is 3.12. The van der Waals surface area contributed by atoms with Crippen LogP contribution in [0.4, 0.5) is 10.1 Å². The van der Waals surface area contributed by atoms with Crippen LogP contribution >= 0.6 is 11.3 Å². The van der Waals surface area contributed by atoms with Crippen molar-refractivity contribution in [3.05, 3.63) is 68.8 Å². The molecule has 9 heteroatoms. The number of hydrogen-bond acceptors (Lipinski definition) is 5. The van der Waals surface area contributed by atoms with Crippen LogP contribution in [-0.2, 0) is 24.3 Å². The molecular formula is C21H22FN5O2S. The fourth-order valence-electron chi connectivity index (χ4n) is 3.63. The molecule has 1 aliphatic rings. The van der Waals surface area contributed by atoms with E-state index in [2.05, 4.69) is 16.5 Å². The highest BCUT2D eigenvalue weighted by atomic mass is 32.1. The zero-order chi connectivity index (χ0) is 21.3. The van der Waals surface area contributed by atoms with Crippen LogP contribution in [0, 0.1) is 0 Å². The van der Waals surface area contributed by atoms with Crippen molar-refractivity contribution in [2.75, 3.05) is 18.5 Å². The molecule has 1 aliphatic heterocycles. The maximum absolute atomic E-state index is 12.8. The second-order valence-electron chi connectivity index (χ2n) is 7.28. The Hall–Kier alpha value is -3.04. The maximum Gasteiger partial charge on any atom is 0.346 e. The summed E-state index contributed by atoms with van der Waals surface area (Å²) in [6, 6.07) is 6.10. The lowest BCUT2D eigenvalue weighted by Crippen LogP contribution is -2.31. The Morgan fingerprint density at radius 3 is 2.90 bits per heavy atom. The van der Waals surface area contributed by atoms with Crippen LogP contribution in [0.25, 0.3) is 11.1 Å². The third-order valence-electron chi connectivity index (χ3n) is 5.38. The summed E-state index contributed by atoms with van der Waals surface area (Å²) in [5.41, 5.74) is 10.6. The number of rotatable bonds is 6. The molecule has 4 rings (SSSR count). The van der Waals surface area contributed by atoms with Crippen molar-refractivity contribution in [1.82, 2.24) is 14.3 Å². The van der Waals surface area contributed by atoms with Crippen molar-refractivity contribution < 1.29 is 9.18 Å². The Morgan fingerprint density at radius 1 is 1.30 bits per heavy atom. The van der Waals surface area contributed by atoms with E-state index in [4.69, 9.17) is 5.73 Å². The van der Waals surface area contributed by atoms with Crippen molar-refractivity contribution >= 4 is 22.9 Å². The quantitative estimate of drug-likeness (QED) is 0.655. The van der Waals surface area contributed by atoms with E-state index in [1.165, 1.54) is 15.6 Å². The maximum atomic E-state index is 12.8. The third kappa shape index (κ3) is 3.73. The van der Waals surface area contributed by atoms with E-state index in [9.17, 15) is 14.0 Å². The summed E-state index contributed by atoms with van der Waals surface area (Å²) in [7, 11) is 1.80. The lowest BCUT2D eigenvalue weighted by Gasteiger charge is -2.26. The van der Waals surface area contributed by atoms with Gasteiger partial charge in [0.25, 0.3) is 0 Å². The largest absolute Gasteiger partial charge is 0.346 e. The summed E-state index contributed by atoms with van der Waals surface area (Å²) in [5.74, 6) is 0.128. The van der Waals surface area contributed by atoms with E-state index in [0.717, 1.165) is 34.4 Å². The topological polar surface area (TPSA) is 86.2 Å². The molecule has 2 N–H and O–H groups in total. The van der Waals surface area contributed by atoms with Gasteiger partial charge in [0.2, 0.25) is 5.91 Å². The second kappa shape index (κ2) is 8.37. The molecule has 0 saturated heterocycles. The van der Waals surface area contributed by atoms with Gasteiger partial charge in [-0.1, -0.05) is 6.07 Å². The normalized spacial score (nSPS) is 14.3. The van der Waals surface area contributed by atoms with Crippen LogP contribution in [0.3, 0.4) is 0 Å². The first-order valence-electron chi connectivity index (χ1n) is 9.57. The van der Waals surface area contributed by atoms with Gasteiger partial charge in [0.1, 0.15) is 6.33 Å². The van der Waals surface area contributed by atoms with Crippen LogP contribution < -0.4 is 16.3 Å². The molecule has 1 aromatic carbocycles. The molecule has 0 fully saturated rings. The number of aromatic nitrogens is 3. The molecule has 3 heterocycles. The second-order valence-corrected chi connectivity index (χ2v) is 8.02. The molecule has 0 radical (unpaired) electrons. The molecule has 0 spiro atoms. The number of thiophene rings is 1. The zero-order valence-electron chi connectivity index (χ0n) is 16.5. The van der Waals surface area contributed by atoms with Crippen molar-refractivity contribution in [3.8, 4) is 11.1 Å². The number of aryl methyl sites for hydroxylation is 1. The molecule has 1 amide bonds. The highest BCUT2D eigenvalue weighted by Crippen LogP contribution is 2.34. The Kier molecular flexibility index (Phi) is 5.65. The van der Waals surface area contributed by atoms with Crippen molar-refractivity contribution in [2.45, 2.75) is 25.9 Å². The minimum absolute atomic E-state index is 0.0313. The molecule has 0 unspecified atom stereocenters. The fourth-order valence-corrected chi connectivity index (χ4v) is 4.49. The number of nitrogens with two attached hydrogens (primary N) is 1. The molecule has 7 nitrogen and oxygen atoms in total. The summed E-state index contributed by atoms with van der Waals surface area (Å²) < 4.78 is 15.5. The van der Waals surface area contributed by atoms with Gasteiger partial charge in [-0.15, -0.1) is 0 Å². The predicted octanol–water partition coefficient (Wildman–Crippen LogP) is 2.54. The van der Waals surface area contributed by atoms with Gasteiger partial charge in [0.15, 0.2) is 0 Å². The van der Waals surface area contributed by atoms with Gasteiger partial charge < -0.3 is 10.6 Å². The van der Waals surface area contributed by atoms with E-state index in [0.29, 0.717) is 24.9 Å². The highest BCUT2D eigenvalue weighted by molar-refractivity contribution is 7.08. The smallest absolute Gasteiger partial charge is 0.327 e. The van der Waals surface area contributed by atoms with Gasteiger partial charge in [0, 0.05) is 25.7 Å². The van der Waals surface area contributed by atoms with Crippen LogP contribution in [0.5, 0.6) is 0 Å². The minimum atomic E-state index is -0.314. The predicted molar refractivity (Wildman–Crippen MR) is 115 cm³/mol. The van der Waals surface area contributed by atoms with E-state index in [-0.39, 0.29) is 24.7 Å². The SMILES string of the molecule is CN1C(=O)CCc2cc(-c3cscc3Cn3cnn(C/C(=C/F)CN)c3=O)ccc21. The third-order valence-corrected chi connectivity index (χ3v) is 6.18. The standard InChI is InChI=1S/C21H22FN5O2S/c1-25-19-4-2-15(6-16(19)3-5-20(25)28)18-12-30-11-17(18)10-26-13-24-27(21(26)29)9-14(7-22)8-23/h2,4,6-7,11-13H,3,5,8-10,23H2,1H3/b14-7+. The van der Waals surface area contributed by atoms with Crippen molar-refractivity contribution in [3.63, 3.8) is 0 Å². The molecule has 30 heavy (non-hydrogen) atoms. The van der Waals surface area contributed by atoms with Gasteiger partial charge in [-0.05, 0) is 57.1 Å². The van der Waals surface area contributed by atoms with Crippen LogP contribution in [0.1, 0.15) is 17.5 Å². The lowest BCUT2D eigenvalue weighted by molar-refractivity contribution is -0.118. The monoisotopic (exact) mass is 427 g/mol. The number of anilines is 1. The van der Waals surface area contributed by atoms with Crippen LogP contribution in [0.15, 0.2) is 52.0 Å². The van der Waals surface area contributed by atoms with Gasteiger partial charge >= 0.3 is 5.69 Å². The van der Waals surface area contributed by atoms with E-state index in [1.807, 2.05) is 17.5 Å². The number of nitrogens with zero attached hydrogens (tertiary/aromatic N) is 4. The van der Waals surface area contributed by atoms with E-state index < -0.39 is 0 Å². The number of carbonyl (C=O) groups is 1. The summed E-state index contributed by atoms with van der Waals surface area (Å²) in [4.78, 5) is 26.2. The van der Waals surface area contributed by atoms with Gasteiger partial charge in [0.05, 0.1) is 19.4 Å². The number of carbonyl (C=O) groups excluding carboxylic acids is 1. The van der Waals surface area contributed by atoms with E-state index in [1.54, 1.807) is 23.3 Å². The number of amides is 1. The molecule has 0 atom stereocenters. The summed E-state index contributed by atoms with van der Waals surface area (Å²) >= 11 is 1.57. The van der Waals surface area contributed by atoms with Crippen molar-refractivity contribution in [1.29, 1.82) is 0 Å². The first-order chi connectivity index (χ1) is 14.5. The Bertz CT molecular complexity index is 1180. The van der Waals surface area contributed by atoms with Crippen LogP contribution in [0.2, 0.25) is 0 Å². The lowest BCUT2D eigenvalue weighted by atomic mass is 9.96. The number of benzene rings is 1. The Morgan fingerprint density at radius 2 is 2.13 bits per heavy atom. The molecule has 3 aromatic rings. The summed E-state index contributed by atoms with van der Waals surface area (Å²) in [5, 5.41) is 8.15. The Balaban J connectivity index is 1.60. The molecule has 2 aromatic heterocycles. The van der Waals surface area contributed by atoms with Gasteiger partial charge in [-0.25, -0.2) is 13.9 Å². The van der Waals surface area contributed by atoms with Crippen molar-refractivity contribution in [2.24, 2.45) is 5.73 Å². The fraction of sp³-hybridized carbons (Fsp3) is 0.286. The minimum Gasteiger partial charge on any atom is -0.327 e. The average Bonchev–Trinajstić information content (AvgIpc) is 3.36. The first kappa shape index (κ1) is 20.2. The van der Waals surface area contributed by atoms with E-state index >= 15 is 0 Å². The molecular weight excluding hydrogens is 405 g/mol. The average molecular weight is 428 g/mol. The first-order valence-corrected chi connectivity index (χ1v) is 10.5. The molecule has 0 saturated carbocycles. The number of halogens is 1. The van der Waals surface area contributed by atoms with Gasteiger partial charge in [-0.2, -0.15) is 16.4 Å². The molecule has 0 aliphatic carbocycles. The number of hydrogen-bond donors (Lipinski definition) is 1. The molecule has 0 bridgehead atoms. The highest BCUT2D eigenvalue weighted by Gasteiger charge is 2.21. The Labute approximate surface area is 176 Å². The zero-order valence-corrected chi connectivity index (χ0v) is 17.4. The summed E-state index contributed by atoms with van der Waals surface area (Å²) in [6.45, 7) is 0.431. The van der Waals surface area contributed by atoms with Gasteiger partial charge in [-0.3, -0.25) is 9.36 Å². The molecule has 156 valence electrons. The van der Waals surface area contributed by atoms with Crippen LogP contribution in [-0.4, -0.2) is 33.8 Å². The number of fused-ring (bicyclic) bond motifs is 1.